The Morgan fingerprint density at radius 3 is 1.60 bits per heavy atom. The lowest BCUT2D eigenvalue weighted by Gasteiger charge is -2.08. The average molecular weight is 310 g/mol. The molecule has 5 nitrogen and oxygen atoms in total. The number of rotatable bonds is 10. The van der Waals surface area contributed by atoms with Crippen molar-refractivity contribution in [3.63, 3.8) is 0 Å². The van der Waals surface area contributed by atoms with Gasteiger partial charge in [0.25, 0.3) is 0 Å². The largest absolute Gasteiger partial charge is 0.759 e. The van der Waals surface area contributed by atoms with E-state index in [0.29, 0.717) is 12.5 Å². The monoisotopic (exact) mass is 310 g/mol. The van der Waals surface area contributed by atoms with Crippen LogP contribution in [0.4, 0.5) is 0 Å². The topological polar surface area (TPSA) is 100 Å². The first kappa shape index (κ1) is 22.1. The Balaban J connectivity index is 0. The predicted octanol–water partition coefficient (Wildman–Crippen LogP) is 3.05. The summed E-state index contributed by atoms with van der Waals surface area (Å²) in [7, 11) is -5.17. The van der Waals surface area contributed by atoms with Gasteiger partial charge < -0.3 is 14.2 Å². The highest BCUT2D eigenvalue weighted by molar-refractivity contribution is 7.79. The van der Waals surface area contributed by atoms with Crippen LogP contribution in [0.1, 0.15) is 72.1 Å². The zero-order valence-corrected chi connectivity index (χ0v) is 13.8. The van der Waals surface area contributed by atoms with Gasteiger partial charge in [-0.25, -0.2) is 0 Å². The molecule has 0 aliphatic heterocycles. The fourth-order valence-corrected chi connectivity index (χ4v) is 1.81. The summed E-state index contributed by atoms with van der Waals surface area (Å²) in [6.45, 7) is 7.11. The fourth-order valence-electron chi connectivity index (χ4n) is 1.81. The van der Waals surface area contributed by atoms with E-state index in [-0.39, 0.29) is 0 Å². The molecule has 20 heavy (non-hydrogen) atoms. The molecule has 0 aromatic heterocycles. The minimum Gasteiger partial charge on any atom is -0.759 e. The SMILES string of the molecule is CCC(C)CCCCCCCC(C)CO.O=S(=O)([O-])[O-]. The molecule has 6 heteroatoms. The lowest BCUT2D eigenvalue weighted by atomic mass is 9.99. The van der Waals surface area contributed by atoms with E-state index >= 15 is 0 Å². The van der Waals surface area contributed by atoms with E-state index in [4.69, 9.17) is 22.6 Å². The van der Waals surface area contributed by atoms with Crippen LogP contribution in [0.25, 0.3) is 0 Å². The maximum atomic E-state index is 8.86. The molecule has 1 N–H and O–H groups in total. The van der Waals surface area contributed by atoms with Crippen molar-refractivity contribution in [3.8, 4) is 0 Å². The van der Waals surface area contributed by atoms with E-state index in [2.05, 4.69) is 20.8 Å². The molecule has 0 amide bonds. The highest BCUT2D eigenvalue weighted by Crippen LogP contribution is 2.15. The Bertz CT molecular complexity index is 268. The molecule has 0 saturated heterocycles. The minimum absolute atomic E-state index is 0.355. The molecule has 0 saturated carbocycles. The molecule has 0 spiro atoms. The molecule has 2 atom stereocenters. The fraction of sp³-hybridized carbons (Fsp3) is 1.00. The summed E-state index contributed by atoms with van der Waals surface area (Å²) in [6, 6.07) is 0. The van der Waals surface area contributed by atoms with Crippen molar-refractivity contribution in [1.82, 2.24) is 0 Å². The molecule has 0 radical (unpaired) electrons. The van der Waals surface area contributed by atoms with E-state index < -0.39 is 10.4 Å². The summed E-state index contributed by atoms with van der Waals surface area (Å²) in [5.41, 5.74) is 0. The third-order valence-corrected chi connectivity index (χ3v) is 3.40. The Morgan fingerprint density at radius 1 is 0.900 bits per heavy atom. The molecular formula is C14H30O5S-2. The zero-order chi connectivity index (χ0) is 16.0. The Kier molecular flexibility index (Phi) is 15.3. The molecule has 0 heterocycles. The van der Waals surface area contributed by atoms with Gasteiger partial charge in [0.2, 0.25) is 0 Å². The third kappa shape index (κ3) is 26.4. The maximum absolute atomic E-state index is 8.86. The van der Waals surface area contributed by atoms with Crippen LogP contribution in [0.2, 0.25) is 0 Å². The second kappa shape index (κ2) is 13.8. The Labute approximate surface area is 124 Å². The normalized spacial score (nSPS) is 14.3. The van der Waals surface area contributed by atoms with Crippen molar-refractivity contribution >= 4 is 10.4 Å². The number of aliphatic hydroxyl groups is 1. The first-order valence-electron chi connectivity index (χ1n) is 7.48. The van der Waals surface area contributed by atoms with Crippen molar-refractivity contribution in [2.45, 2.75) is 72.1 Å². The van der Waals surface area contributed by atoms with Crippen LogP contribution in [0.15, 0.2) is 0 Å². The third-order valence-electron chi connectivity index (χ3n) is 3.40. The number of aliphatic hydroxyl groups excluding tert-OH is 1. The van der Waals surface area contributed by atoms with E-state index in [1.54, 1.807) is 0 Å². The van der Waals surface area contributed by atoms with E-state index in [0.717, 1.165) is 5.92 Å². The second-order valence-corrected chi connectivity index (χ2v) is 6.37. The van der Waals surface area contributed by atoms with Crippen molar-refractivity contribution in [3.05, 3.63) is 0 Å². The molecule has 0 aromatic rings. The highest BCUT2D eigenvalue weighted by atomic mass is 32.3. The number of unbranched alkanes of at least 4 members (excludes halogenated alkanes) is 4. The number of hydrogen-bond acceptors (Lipinski definition) is 5. The van der Waals surface area contributed by atoms with Crippen LogP contribution in [-0.2, 0) is 10.4 Å². The van der Waals surface area contributed by atoms with Gasteiger partial charge in [0.05, 0.1) is 0 Å². The van der Waals surface area contributed by atoms with Crippen LogP contribution >= 0.6 is 0 Å². The zero-order valence-electron chi connectivity index (χ0n) is 13.0. The van der Waals surface area contributed by atoms with Gasteiger partial charge in [0.15, 0.2) is 0 Å². The highest BCUT2D eigenvalue weighted by Gasteiger charge is 2.00. The molecule has 0 aliphatic rings. The van der Waals surface area contributed by atoms with Crippen LogP contribution in [-0.4, -0.2) is 29.2 Å². The Hall–Kier alpha value is -0.170. The molecule has 0 aromatic carbocycles. The smallest absolute Gasteiger partial charge is 0.0456 e. The number of hydrogen-bond donors (Lipinski definition) is 1. The standard InChI is InChI=1S/C14H30O.H2O4S/c1-4-13(2)10-8-6-5-7-9-11-14(3)12-15;1-5(2,3)4/h13-15H,4-12H2,1-3H3;(H2,1,2,3,4)/p-2. The van der Waals surface area contributed by atoms with E-state index in [9.17, 15) is 0 Å². The molecular weight excluding hydrogens is 280 g/mol. The van der Waals surface area contributed by atoms with Gasteiger partial charge in [0.1, 0.15) is 0 Å². The predicted molar refractivity (Wildman–Crippen MR) is 78.5 cm³/mol. The quantitative estimate of drug-likeness (QED) is 0.379. The Morgan fingerprint density at radius 2 is 1.25 bits per heavy atom. The van der Waals surface area contributed by atoms with Gasteiger partial charge in [-0.2, -0.15) is 0 Å². The molecule has 124 valence electrons. The van der Waals surface area contributed by atoms with Crippen LogP contribution in [0.5, 0.6) is 0 Å². The molecule has 0 rings (SSSR count). The van der Waals surface area contributed by atoms with Gasteiger partial charge in [-0.05, 0) is 18.3 Å². The summed E-state index contributed by atoms with van der Waals surface area (Å²) >= 11 is 0. The lowest BCUT2D eigenvalue weighted by Crippen LogP contribution is -1.99. The van der Waals surface area contributed by atoms with Gasteiger partial charge in [-0.1, -0.05) is 65.7 Å². The molecule has 0 aliphatic carbocycles. The van der Waals surface area contributed by atoms with Crippen molar-refractivity contribution in [2.24, 2.45) is 11.8 Å². The van der Waals surface area contributed by atoms with Gasteiger partial charge in [0, 0.05) is 17.0 Å². The molecule has 0 bridgehead atoms. The second-order valence-electron chi connectivity index (χ2n) is 5.55. The van der Waals surface area contributed by atoms with Crippen molar-refractivity contribution in [2.75, 3.05) is 6.61 Å². The average Bonchev–Trinajstić information content (AvgIpc) is 2.34. The molecule has 2 unspecified atom stereocenters. The van der Waals surface area contributed by atoms with Gasteiger partial charge in [-0.3, -0.25) is 8.42 Å². The van der Waals surface area contributed by atoms with Crippen LogP contribution < -0.4 is 0 Å². The van der Waals surface area contributed by atoms with Gasteiger partial charge in [-0.15, -0.1) is 0 Å². The van der Waals surface area contributed by atoms with Gasteiger partial charge >= 0.3 is 0 Å². The minimum atomic E-state index is -5.17. The summed E-state index contributed by atoms with van der Waals surface area (Å²) in [4.78, 5) is 0. The summed E-state index contributed by atoms with van der Waals surface area (Å²) in [6.07, 6.45) is 10.8. The van der Waals surface area contributed by atoms with Crippen molar-refractivity contribution < 1.29 is 22.6 Å². The summed E-state index contributed by atoms with van der Waals surface area (Å²) < 4.78 is 34.1. The van der Waals surface area contributed by atoms with E-state index in [1.165, 1.54) is 51.4 Å². The first-order valence-corrected chi connectivity index (χ1v) is 8.81. The summed E-state index contributed by atoms with van der Waals surface area (Å²) in [5.74, 6) is 1.42. The van der Waals surface area contributed by atoms with Crippen LogP contribution in [0.3, 0.4) is 0 Å². The maximum Gasteiger partial charge on any atom is 0.0456 e. The van der Waals surface area contributed by atoms with Crippen LogP contribution in [0, 0.1) is 11.8 Å². The summed E-state index contributed by atoms with van der Waals surface area (Å²) in [5, 5.41) is 8.86. The van der Waals surface area contributed by atoms with Crippen molar-refractivity contribution in [1.29, 1.82) is 0 Å². The van der Waals surface area contributed by atoms with E-state index in [1.807, 2.05) is 0 Å². The lowest BCUT2D eigenvalue weighted by molar-refractivity contribution is 0.227. The first-order chi connectivity index (χ1) is 9.20. The molecule has 0 fully saturated rings.